The molecule has 6 nitrogen and oxygen atoms in total. The van der Waals surface area contributed by atoms with Crippen molar-refractivity contribution in [2.75, 3.05) is 19.4 Å². The van der Waals surface area contributed by atoms with Crippen LogP contribution in [0.1, 0.15) is 30.6 Å². The van der Waals surface area contributed by atoms with Crippen LogP contribution in [0, 0.1) is 0 Å². The molecule has 4 N–H and O–H groups in total. The van der Waals surface area contributed by atoms with Gasteiger partial charge in [-0.15, -0.1) is 0 Å². The van der Waals surface area contributed by atoms with Crippen LogP contribution in [0.5, 0.6) is 5.75 Å². The van der Waals surface area contributed by atoms with Crippen molar-refractivity contribution in [1.82, 2.24) is 10.6 Å². The minimum atomic E-state index is -0.625. The molecule has 1 aromatic carbocycles. The van der Waals surface area contributed by atoms with Gasteiger partial charge in [-0.05, 0) is 31.5 Å². The number of nitrogens with one attached hydrogen (secondary N) is 2. The lowest BCUT2D eigenvalue weighted by molar-refractivity contribution is -0.122. The molecule has 1 unspecified atom stereocenters. The monoisotopic (exact) mass is 279 g/mol. The molecule has 0 saturated carbocycles. The summed E-state index contributed by atoms with van der Waals surface area (Å²) in [5, 5.41) is 5.33. The Morgan fingerprint density at radius 2 is 2.10 bits per heavy atom. The van der Waals surface area contributed by atoms with Crippen LogP contribution in [0.25, 0.3) is 0 Å². The zero-order valence-corrected chi connectivity index (χ0v) is 12.0. The number of carbonyl (C=O) groups is 2. The fraction of sp³-hybridized carbons (Fsp3) is 0.429. The minimum Gasteiger partial charge on any atom is -0.497 e. The summed E-state index contributed by atoms with van der Waals surface area (Å²) in [6.07, 6.45) is 0.842. The van der Waals surface area contributed by atoms with Crippen molar-refractivity contribution < 1.29 is 14.3 Å². The molecule has 0 aromatic heterocycles. The number of ether oxygens (including phenoxy) is 1. The first-order chi connectivity index (χ1) is 9.49. The minimum absolute atomic E-state index is 0.221. The van der Waals surface area contributed by atoms with Crippen molar-refractivity contribution >= 4 is 17.5 Å². The third-order valence-electron chi connectivity index (χ3n) is 2.80. The molecule has 20 heavy (non-hydrogen) atoms. The predicted octanol–water partition coefficient (Wildman–Crippen LogP) is 0.922. The highest BCUT2D eigenvalue weighted by molar-refractivity contribution is 6.01. The number of benzene rings is 1. The molecule has 2 amide bonds. The van der Waals surface area contributed by atoms with E-state index in [4.69, 9.17) is 10.5 Å². The number of carbonyl (C=O) groups excluding carboxylic acids is 2. The van der Waals surface area contributed by atoms with Gasteiger partial charge in [0.15, 0.2) is 0 Å². The molecule has 1 aromatic rings. The number of methoxy groups -OCH3 is 1. The molecule has 0 aliphatic rings. The van der Waals surface area contributed by atoms with Crippen LogP contribution in [0.2, 0.25) is 0 Å². The van der Waals surface area contributed by atoms with Crippen molar-refractivity contribution in [1.29, 1.82) is 0 Å². The molecule has 0 spiro atoms. The third kappa shape index (κ3) is 4.15. The van der Waals surface area contributed by atoms with Gasteiger partial charge in [0.1, 0.15) is 11.8 Å². The van der Waals surface area contributed by atoms with Crippen molar-refractivity contribution in [2.45, 2.75) is 26.3 Å². The Balaban J connectivity index is 2.73. The van der Waals surface area contributed by atoms with Gasteiger partial charge in [-0.2, -0.15) is 0 Å². The number of nitrogen functional groups attached to an aromatic ring is 1. The summed E-state index contributed by atoms with van der Waals surface area (Å²) in [7, 11) is 1.51. The summed E-state index contributed by atoms with van der Waals surface area (Å²) in [5.74, 6) is -0.0883. The average molecular weight is 279 g/mol. The summed E-state index contributed by atoms with van der Waals surface area (Å²) in [6, 6.07) is 4.18. The van der Waals surface area contributed by atoms with Crippen LogP contribution in [-0.4, -0.2) is 31.5 Å². The molecule has 6 heteroatoms. The van der Waals surface area contributed by atoms with E-state index >= 15 is 0 Å². The van der Waals surface area contributed by atoms with Crippen molar-refractivity contribution in [2.24, 2.45) is 0 Å². The molecule has 110 valence electrons. The van der Waals surface area contributed by atoms with Gasteiger partial charge >= 0.3 is 0 Å². The van der Waals surface area contributed by atoms with E-state index in [-0.39, 0.29) is 5.91 Å². The Kier molecular flexibility index (Phi) is 5.83. The SMILES string of the molecule is CCCNC(=O)C(C)NC(=O)c1cc(OC)ccc1N. The van der Waals surface area contributed by atoms with E-state index in [0.29, 0.717) is 23.5 Å². The number of anilines is 1. The van der Waals surface area contributed by atoms with Gasteiger partial charge < -0.3 is 21.1 Å². The van der Waals surface area contributed by atoms with Gasteiger partial charge in [0.25, 0.3) is 5.91 Å². The van der Waals surface area contributed by atoms with Crippen molar-refractivity contribution in [3.63, 3.8) is 0 Å². The van der Waals surface area contributed by atoms with Gasteiger partial charge in [0, 0.05) is 12.2 Å². The van der Waals surface area contributed by atoms with Crippen LogP contribution < -0.4 is 21.1 Å². The van der Waals surface area contributed by atoms with Crippen molar-refractivity contribution in [3.8, 4) is 5.75 Å². The number of hydrogen-bond donors (Lipinski definition) is 3. The summed E-state index contributed by atoms with van der Waals surface area (Å²) in [6.45, 7) is 4.17. The molecular formula is C14H21N3O3. The lowest BCUT2D eigenvalue weighted by Gasteiger charge is -2.15. The van der Waals surface area contributed by atoms with Gasteiger partial charge in [0.05, 0.1) is 12.7 Å². The zero-order chi connectivity index (χ0) is 15.1. The largest absolute Gasteiger partial charge is 0.497 e. The fourth-order valence-electron chi connectivity index (χ4n) is 1.60. The normalized spacial score (nSPS) is 11.6. The lowest BCUT2D eigenvalue weighted by atomic mass is 10.1. The Bertz CT molecular complexity index is 489. The molecule has 0 saturated heterocycles. The van der Waals surface area contributed by atoms with E-state index < -0.39 is 11.9 Å². The molecule has 0 fully saturated rings. The Morgan fingerprint density at radius 3 is 2.70 bits per heavy atom. The fourth-order valence-corrected chi connectivity index (χ4v) is 1.60. The van der Waals surface area contributed by atoms with Crippen LogP contribution in [0.4, 0.5) is 5.69 Å². The van der Waals surface area contributed by atoms with E-state index in [1.54, 1.807) is 25.1 Å². The van der Waals surface area contributed by atoms with Gasteiger partial charge in [-0.3, -0.25) is 9.59 Å². The van der Waals surface area contributed by atoms with E-state index in [9.17, 15) is 9.59 Å². The maximum absolute atomic E-state index is 12.1. The van der Waals surface area contributed by atoms with Crippen LogP contribution in [0.15, 0.2) is 18.2 Å². The average Bonchev–Trinajstić information content (AvgIpc) is 2.44. The first kappa shape index (κ1) is 15.8. The first-order valence-corrected chi connectivity index (χ1v) is 6.51. The smallest absolute Gasteiger partial charge is 0.254 e. The second-order valence-corrected chi connectivity index (χ2v) is 4.44. The molecule has 0 aliphatic carbocycles. The molecule has 0 aliphatic heterocycles. The zero-order valence-electron chi connectivity index (χ0n) is 12.0. The highest BCUT2D eigenvalue weighted by Gasteiger charge is 2.18. The first-order valence-electron chi connectivity index (χ1n) is 6.51. The summed E-state index contributed by atoms with van der Waals surface area (Å²) in [4.78, 5) is 23.8. The predicted molar refractivity (Wildman–Crippen MR) is 77.6 cm³/mol. The number of hydrogen-bond acceptors (Lipinski definition) is 4. The van der Waals surface area contributed by atoms with E-state index in [2.05, 4.69) is 10.6 Å². The number of amides is 2. The van der Waals surface area contributed by atoms with E-state index in [1.165, 1.54) is 7.11 Å². The van der Waals surface area contributed by atoms with Gasteiger partial charge in [0.2, 0.25) is 5.91 Å². The molecule has 0 bridgehead atoms. The van der Waals surface area contributed by atoms with Crippen molar-refractivity contribution in [3.05, 3.63) is 23.8 Å². The summed E-state index contributed by atoms with van der Waals surface area (Å²) in [5.41, 5.74) is 6.39. The Hall–Kier alpha value is -2.24. The van der Waals surface area contributed by atoms with E-state index in [0.717, 1.165) is 6.42 Å². The topological polar surface area (TPSA) is 93.5 Å². The maximum atomic E-state index is 12.1. The molecule has 0 radical (unpaired) electrons. The Morgan fingerprint density at radius 1 is 1.40 bits per heavy atom. The quantitative estimate of drug-likeness (QED) is 0.675. The summed E-state index contributed by atoms with van der Waals surface area (Å²) >= 11 is 0. The number of rotatable bonds is 6. The summed E-state index contributed by atoms with van der Waals surface area (Å²) < 4.78 is 5.05. The second kappa shape index (κ2) is 7.37. The van der Waals surface area contributed by atoms with Crippen LogP contribution in [0.3, 0.4) is 0 Å². The van der Waals surface area contributed by atoms with Gasteiger partial charge in [-0.1, -0.05) is 6.92 Å². The molecule has 1 atom stereocenters. The van der Waals surface area contributed by atoms with Crippen LogP contribution >= 0.6 is 0 Å². The maximum Gasteiger partial charge on any atom is 0.254 e. The molecule has 1 rings (SSSR count). The van der Waals surface area contributed by atoms with Gasteiger partial charge in [-0.25, -0.2) is 0 Å². The highest BCUT2D eigenvalue weighted by Crippen LogP contribution is 2.19. The van der Waals surface area contributed by atoms with E-state index in [1.807, 2.05) is 6.92 Å². The third-order valence-corrected chi connectivity index (χ3v) is 2.80. The standard InChI is InChI=1S/C14H21N3O3/c1-4-7-16-13(18)9(2)17-14(19)11-8-10(20-3)5-6-12(11)15/h5-6,8-9H,4,7,15H2,1-3H3,(H,16,18)(H,17,19). The number of nitrogens with two attached hydrogens (primary N) is 1. The lowest BCUT2D eigenvalue weighted by Crippen LogP contribution is -2.45. The van der Waals surface area contributed by atoms with Crippen LogP contribution in [-0.2, 0) is 4.79 Å². The molecular weight excluding hydrogens is 258 g/mol. The highest BCUT2D eigenvalue weighted by atomic mass is 16.5. The second-order valence-electron chi connectivity index (χ2n) is 4.44. The molecule has 0 heterocycles. The Labute approximate surface area is 118 Å².